The topological polar surface area (TPSA) is 0 Å². The maximum atomic E-state index is 5.97. The summed E-state index contributed by atoms with van der Waals surface area (Å²) >= 11 is 8.43. The first-order chi connectivity index (χ1) is 4.63. The molecule has 0 fully saturated rings. The summed E-state index contributed by atoms with van der Waals surface area (Å²) in [7, 11) is 0. The first kappa shape index (κ1) is 8.17. The van der Waals surface area contributed by atoms with Crippen molar-refractivity contribution in [3.8, 4) is 0 Å². The number of benzene rings is 1. The molecule has 1 aromatic carbocycles. The summed E-state index contributed by atoms with van der Waals surface area (Å²) in [6, 6.07) is 4.10. The molecular formula is C8H8AsCl. The SMILES string of the molecule is Cc1ccc([As])c(Cl)c1C. The molecule has 0 aliphatic rings. The molecule has 2 radical (unpaired) electrons. The van der Waals surface area contributed by atoms with E-state index in [4.69, 9.17) is 11.6 Å². The van der Waals surface area contributed by atoms with Gasteiger partial charge < -0.3 is 0 Å². The zero-order valence-corrected chi connectivity index (χ0v) is 8.61. The molecule has 0 amide bonds. The monoisotopic (exact) mass is 214 g/mol. The van der Waals surface area contributed by atoms with Gasteiger partial charge in [0.2, 0.25) is 0 Å². The predicted octanol–water partition coefficient (Wildman–Crippen LogP) is 1.75. The Bertz CT molecular complexity index is 229. The second-order valence-corrected chi connectivity index (χ2v) is 3.73. The van der Waals surface area contributed by atoms with E-state index >= 15 is 0 Å². The molecule has 0 aliphatic heterocycles. The molecule has 0 aromatic heterocycles. The van der Waals surface area contributed by atoms with Crippen LogP contribution < -0.4 is 4.35 Å². The van der Waals surface area contributed by atoms with Gasteiger partial charge in [-0.2, -0.15) is 0 Å². The fourth-order valence-electron chi connectivity index (χ4n) is 0.767. The van der Waals surface area contributed by atoms with E-state index < -0.39 is 0 Å². The summed E-state index contributed by atoms with van der Waals surface area (Å²) in [6.07, 6.45) is 0. The third-order valence-corrected chi connectivity index (χ3v) is 3.19. The summed E-state index contributed by atoms with van der Waals surface area (Å²) < 4.78 is 1.09. The first-order valence-electron chi connectivity index (χ1n) is 3.07. The predicted molar refractivity (Wildman–Crippen MR) is 46.3 cm³/mol. The van der Waals surface area contributed by atoms with Crippen LogP contribution in [0.2, 0.25) is 5.02 Å². The van der Waals surface area contributed by atoms with E-state index in [0.717, 1.165) is 9.37 Å². The molecule has 52 valence electrons. The van der Waals surface area contributed by atoms with Crippen LogP contribution in [0.5, 0.6) is 0 Å². The van der Waals surface area contributed by atoms with E-state index in [0.29, 0.717) is 0 Å². The van der Waals surface area contributed by atoms with E-state index in [1.807, 2.05) is 13.0 Å². The van der Waals surface area contributed by atoms with Crippen LogP contribution in [0.3, 0.4) is 0 Å². The molecule has 0 heterocycles. The summed E-state index contributed by atoms with van der Waals surface area (Å²) in [6.45, 7) is 4.10. The van der Waals surface area contributed by atoms with Gasteiger partial charge in [0.1, 0.15) is 0 Å². The van der Waals surface area contributed by atoms with Crippen LogP contribution >= 0.6 is 11.6 Å². The summed E-state index contributed by atoms with van der Waals surface area (Å²) in [5.41, 5.74) is 2.43. The number of aryl methyl sites for hydroxylation is 1. The Morgan fingerprint density at radius 1 is 1.30 bits per heavy atom. The number of hydrogen-bond donors (Lipinski definition) is 0. The van der Waals surface area contributed by atoms with Crippen molar-refractivity contribution >= 4 is 32.8 Å². The van der Waals surface area contributed by atoms with Crippen molar-refractivity contribution < 1.29 is 0 Å². The molecule has 0 atom stereocenters. The van der Waals surface area contributed by atoms with Crippen molar-refractivity contribution in [1.29, 1.82) is 0 Å². The average Bonchev–Trinajstić information content (AvgIpc) is 1.93. The molecule has 0 N–H and O–H groups in total. The van der Waals surface area contributed by atoms with Gasteiger partial charge in [0.25, 0.3) is 0 Å². The van der Waals surface area contributed by atoms with Gasteiger partial charge in [-0.25, -0.2) is 0 Å². The molecule has 1 rings (SSSR count). The molecule has 0 aliphatic carbocycles. The van der Waals surface area contributed by atoms with Crippen LogP contribution in [0.4, 0.5) is 0 Å². The Morgan fingerprint density at radius 3 is 2.40 bits per heavy atom. The maximum absolute atomic E-state index is 5.97. The number of hydrogen-bond acceptors (Lipinski definition) is 0. The van der Waals surface area contributed by atoms with Crippen LogP contribution in [0, 0.1) is 13.8 Å². The van der Waals surface area contributed by atoms with Crippen LogP contribution in [0.15, 0.2) is 12.1 Å². The Kier molecular flexibility index (Phi) is 2.44. The first-order valence-corrected chi connectivity index (χ1v) is 4.39. The second-order valence-electron chi connectivity index (χ2n) is 2.34. The zero-order valence-electron chi connectivity index (χ0n) is 5.98. The summed E-state index contributed by atoms with van der Waals surface area (Å²) in [5.74, 6) is 0. The summed E-state index contributed by atoms with van der Waals surface area (Å²) in [4.78, 5) is 0. The molecule has 0 saturated heterocycles. The molecule has 10 heavy (non-hydrogen) atoms. The Hall–Kier alpha value is 0.0684. The fourth-order valence-corrected chi connectivity index (χ4v) is 1.49. The summed E-state index contributed by atoms with van der Waals surface area (Å²) in [5, 5.41) is 0.875. The van der Waals surface area contributed by atoms with Gasteiger partial charge in [-0.05, 0) is 0 Å². The van der Waals surface area contributed by atoms with Gasteiger partial charge in [0.15, 0.2) is 0 Å². The fraction of sp³-hybridized carbons (Fsp3) is 0.250. The van der Waals surface area contributed by atoms with Crippen LogP contribution in [-0.2, 0) is 0 Å². The quantitative estimate of drug-likeness (QED) is 0.577. The molecule has 0 unspecified atom stereocenters. The van der Waals surface area contributed by atoms with Crippen molar-refractivity contribution in [2.45, 2.75) is 13.8 Å². The number of halogens is 1. The minimum atomic E-state index is 0.875. The van der Waals surface area contributed by atoms with Gasteiger partial charge in [0, 0.05) is 0 Å². The van der Waals surface area contributed by atoms with Crippen molar-refractivity contribution in [2.75, 3.05) is 0 Å². The molecule has 0 bridgehead atoms. The molecule has 1 aromatic rings. The Labute approximate surface area is 75.1 Å². The Balaban J connectivity index is 3.34. The zero-order chi connectivity index (χ0) is 7.72. The Morgan fingerprint density at radius 2 is 1.90 bits per heavy atom. The van der Waals surface area contributed by atoms with Crippen molar-refractivity contribution in [1.82, 2.24) is 0 Å². The molecular weight excluding hydrogens is 206 g/mol. The molecule has 0 saturated carbocycles. The third-order valence-electron chi connectivity index (χ3n) is 1.64. The standard InChI is InChI=1S/C8H8AsCl/c1-5-3-4-7(9)8(10)6(5)2/h3-4H,1-2H3. The normalized spacial score (nSPS) is 10.0. The van der Waals surface area contributed by atoms with Gasteiger partial charge >= 0.3 is 74.9 Å². The average molecular weight is 215 g/mol. The van der Waals surface area contributed by atoms with E-state index in [9.17, 15) is 0 Å². The molecule has 2 heteroatoms. The van der Waals surface area contributed by atoms with Crippen LogP contribution in [-0.4, -0.2) is 16.9 Å². The van der Waals surface area contributed by atoms with E-state index in [1.165, 1.54) is 11.1 Å². The van der Waals surface area contributed by atoms with Gasteiger partial charge in [-0.3, -0.25) is 0 Å². The van der Waals surface area contributed by atoms with Crippen LogP contribution in [0.25, 0.3) is 0 Å². The molecule has 0 spiro atoms. The van der Waals surface area contributed by atoms with Gasteiger partial charge in [0.05, 0.1) is 0 Å². The minimum absolute atomic E-state index is 0.875. The third kappa shape index (κ3) is 1.38. The van der Waals surface area contributed by atoms with Gasteiger partial charge in [-0.15, -0.1) is 0 Å². The van der Waals surface area contributed by atoms with Crippen molar-refractivity contribution in [3.05, 3.63) is 28.3 Å². The van der Waals surface area contributed by atoms with E-state index in [-0.39, 0.29) is 0 Å². The van der Waals surface area contributed by atoms with Crippen LogP contribution in [0.1, 0.15) is 11.1 Å². The van der Waals surface area contributed by atoms with Crippen molar-refractivity contribution in [2.24, 2.45) is 0 Å². The molecule has 0 nitrogen and oxygen atoms in total. The van der Waals surface area contributed by atoms with Gasteiger partial charge in [-0.1, -0.05) is 0 Å². The van der Waals surface area contributed by atoms with E-state index in [1.54, 1.807) is 0 Å². The van der Waals surface area contributed by atoms with E-state index in [2.05, 4.69) is 29.8 Å². The second kappa shape index (κ2) is 2.98. The van der Waals surface area contributed by atoms with Crippen molar-refractivity contribution in [3.63, 3.8) is 0 Å². The number of rotatable bonds is 0.